The summed E-state index contributed by atoms with van der Waals surface area (Å²) >= 11 is 0. The van der Waals surface area contributed by atoms with E-state index in [4.69, 9.17) is 14.2 Å². The van der Waals surface area contributed by atoms with E-state index in [1.54, 1.807) is 12.1 Å². The number of methoxy groups -OCH3 is 3. The van der Waals surface area contributed by atoms with E-state index >= 15 is 0 Å². The summed E-state index contributed by atoms with van der Waals surface area (Å²) in [6.45, 7) is 3.98. The van der Waals surface area contributed by atoms with Crippen molar-refractivity contribution in [2.24, 2.45) is 0 Å². The second-order valence-electron chi connectivity index (χ2n) is 4.96. The Morgan fingerprint density at radius 2 is 1.38 bits per heavy atom. The molecule has 2 rings (SSSR count). The van der Waals surface area contributed by atoms with Crippen molar-refractivity contribution in [1.82, 2.24) is 0 Å². The lowest BCUT2D eigenvalue weighted by molar-refractivity contribution is -0.137. The van der Waals surface area contributed by atoms with Crippen LogP contribution in [0.5, 0.6) is 17.2 Å². The molecule has 0 aromatic heterocycles. The normalized spacial score (nSPS) is 11.1. The lowest BCUT2D eigenvalue weighted by Crippen LogP contribution is -2.04. The van der Waals surface area contributed by atoms with Gasteiger partial charge in [-0.25, -0.2) is 0 Å². The Hall–Kier alpha value is -2.63. The highest BCUT2D eigenvalue weighted by Crippen LogP contribution is 2.41. The molecule has 2 aromatic carbocycles. The standard InChI is InChI=1S/C18H17F3O3/c1-11(12-5-7-13(8-6-12)18(19,20)21)17-15(23-3)9-14(22-2)10-16(17)24-4/h5-10H,1H2,2-4H3. The van der Waals surface area contributed by atoms with Gasteiger partial charge in [-0.1, -0.05) is 18.7 Å². The van der Waals surface area contributed by atoms with Gasteiger partial charge in [-0.15, -0.1) is 0 Å². The zero-order valence-electron chi connectivity index (χ0n) is 13.5. The van der Waals surface area contributed by atoms with Crippen LogP contribution in [-0.2, 0) is 6.18 Å². The van der Waals surface area contributed by atoms with Gasteiger partial charge in [0.25, 0.3) is 0 Å². The third kappa shape index (κ3) is 3.48. The number of benzene rings is 2. The highest BCUT2D eigenvalue weighted by Gasteiger charge is 2.30. The SMILES string of the molecule is C=C(c1ccc(C(F)(F)F)cc1)c1c(OC)cc(OC)cc1OC. The van der Waals surface area contributed by atoms with Crippen LogP contribution in [0, 0.1) is 0 Å². The van der Waals surface area contributed by atoms with Crippen molar-refractivity contribution < 1.29 is 27.4 Å². The van der Waals surface area contributed by atoms with Gasteiger partial charge in [-0.3, -0.25) is 0 Å². The first-order valence-corrected chi connectivity index (χ1v) is 6.98. The first kappa shape index (κ1) is 17.7. The van der Waals surface area contributed by atoms with Gasteiger partial charge < -0.3 is 14.2 Å². The van der Waals surface area contributed by atoms with Crippen LogP contribution < -0.4 is 14.2 Å². The predicted octanol–water partition coefficient (Wildman–Crippen LogP) is 4.79. The van der Waals surface area contributed by atoms with Gasteiger partial charge in [-0.05, 0) is 23.3 Å². The molecule has 0 atom stereocenters. The Morgan fingerprint density at radius 1 is 0.875 bits per heavy atom. The Morgan fingerprint density at radius 3 is 1.75 bits per heavy atom. The average Bonchev–Trinajstić information content (AvgIpc) is 2.59. The van der Waals surface area contributed by atoms with Crippen molar-refractivity contribution in [2.45, 2.75) is 6.18 Å². The summed E-state index contributed by atoms with van der Waals surface area (Å²) < 4.78 is 53.9. The van der Waals surface area contributed by atoms with Crippen LogP contribution >= 0.6 is 0 Å². The molecule has 0 radical (unpaired) electrons. The molecule has 2 aromatic rings. The lowest BCUT2D eigenvalue weighted by atomic mass is 9.96. The number of ether oxygens (including phenoxy) is 3. The van der Waals surface area contributed by atoms with E-state index in [1.807, 2.05) is 0 Å². The fraction of sp³-hybridized carbons (Fsp3) is 0.222. The molecular weight excluding hydrogens is 321 g/mol. The fourth-order valence-electron chi connectivity index (χ4n) is 2.31. The molecule has 0 aliphatic heterocycles. The van der Waals surface area contributed by atoms with Crippen LogP contribution in [0.1, 0.15) is 16.7 Å². The van der Waals surface area contributed by atoms with E-state index in [2.05, 4.69) is 6.58 Å². The molecule has 128 valence electrons. The second-order valence-corrected chi connectivity index (χ2v) is 4.96. The Bertz CT molecular complexity index is 709. The van der Waals surface area contributed by atoms with Crippen LogP contribution in [0.15, 0.2) is 43.0 Å². The molecule has 24 heavy (non-hydrogen) atoms. The van der Waals surface area contributed by atoms with Gasteiger partial charge in [0.1, 0.15) is 17.2 Å². The summed E-state index contributed by atoms with van der Waals surface area (Å²) in [5, 5.41) is 0. The molecule has 0 aliphatic carbocycles. The lowest BCUT2D eigenvalue weighted by Gasteiger charge is -2.17. The fourth-order valence-corrected chi connectivity index (χ4v) is 2.31. The van der Waals surface area contributed by atoms with Crippen LogP contribution in [-0.4, -0.2) is 21.3 Å². The van der Waals surface area contributed by atoms with E-state index in [-0.39, 0.29) is 0 Å². The van der Waals surface area contributed by atoms with E-state index < -0.39 is 11.7 Å². The van der Waals surface area contributed by atoms with Crippen LogP contribution in [0.4, 0.5) is 13.2 Å². The van der Waals surface area contributed by atoms with Gasteiger partial charge in [0.15, 0.2) is 0 Å². The summed E-state index contributed by atoms with van der Waals surface area (Å²) in [5.41, 5.74) is 0.859. The predicted molar refractivity (Wildman–Crippen MR) is 85.7 cm³/mol. The Kier molecular flexibility index (Phi) is 5.07. The zero-order valence-corrected chi connectivity index (χ0v) is 13.5. The second kappa shape index (κ2) is 6.86. The number of halogens is 3. The van der Waals surface area contributed by atoms with Gasteiger partial charge >= 0.3 is 6.18 Å². The van der Waals surface area contributed by atoms with Crippen molar-refractivity contribution in [3.63, 3.8) is 0 Å². The summed E-state index contributed by atoms with van der Waals surface area (Å²) in [5.74, 6) is 1.44. The minimum absolute atomic E-state index is 0.455. The largest absolute Gasteiger partial charge is 0.496 e. The summed E-state index contributed by atoms with van der Waals surface area (Å²) in [7, 11) is 4.48. The Labute approximate surface area is 138 Å². The summed E-state index contributed by atoms with van der Waals surface area (Å²) in [6, 6.07) is 8.09. The van der Waals surface area contributed by atoms with Gasteiger partial charge in [0.2, 0.25) is 0 Å². The smallest absolute Gasteiger partial charge is 0.416 e. The van der Waals surface area contributed by atoms with Gasteiger partial charge in [-0.2, -0.15) is 13.2 Å². The molecule has 0 bridgehead atoms. The molecule has 0 saturated carbocycles. The number of rotatable bonds is 5. The highest BCUT2D eigenvalue weighted by atomic mass is 19.4. The van der Waals surface area contributed by atoms with Crippen LogP contribution in [0.3, 0.4) is 0 Å². The highest BCUT2D eigenvalue weighted by molar-refractivity contribution is 5.85. The van der Waals surface area contributed by atoms with E-state index in [9.17, 15) is 13.2 Å². The van der Waals surface area contributed by atoms with E-state index in [0.29, 0.717) is 33.9 Å². The third-order valence-electron chi connectivity index (χ3n) is 3.58. The summed E-state index contributed by atoms with van der Waals surface area (Å²) in [6.07, 6.45) is -4.38. The topological polar surface area (TPSA) is 27.7 Å². The Balaban J connectivity index is 2.49. The van der Waals surface area contributed by atoms with Crippen molar-refractivity contribution >= 4 is 5.57 Å². The molecule has 6 heteroatoms. The molecule has 0 fully saturated rings. The van der Waals surface area contributed by atoms with E-state index in [0.717, 1.165) is 12.1 Å². The quantitative estimate of drug-likeness (QED) is 0.784. The molecule has 0 heterocycles. The van der Waals surface area contributed by atoms with Crippen molar-refractivity contribution in [2.75, 3.05) is 21.3 Å². The minimum atomic E-state index is -4.38. The molecule has 0 unspecified atom stereocenters. The first-order chi connectivity index (χ1) is 11.3. The number of alkyl halides is 3. The number of hydrogen-bond acceptors (Lipinski definition) is 3. The average molecular weight is 338 g/mol. The molecule has 0 amide bonds. The zero-order chi connectivity index (χ0) is 17.9. The van der Waals surface area contributed by atoms with Crippen LogP contribution in [0.2, 0.25) is 0 Å². The molecule has 0 spiro atoms. The molecular formula is C18H17F3O3. The minimum Gasteiger partial charge on any atom is -0.496 e. The van der Waals surface area contributed by atoms with Crippen LogP contribution in [0.25, 0.3) is 5.57 Å². The maximum absolute atomic E-state index is 12.7. The molecule has 0 N–H and O–H groups in total. The van der Waals surface area contributed by atoms with Gasteiger partial charge in [0.05, 0.1) is 32.5 Å². The number of hydrogen-bond donors (Lipinski definition) is 0. The third-order valence-corrected chi connectivity index (χ3v) is 3.58. The first-order valence-electron chi connectivity index (χ1n) is 6.98. The van der Waals surface area contributed by atoms with Gasteiger partial charge in [0, 0.05) is 12.1 Å². The maximum atomic E-state index is 12.7. The summed E-state index contributed by atoms with van der Waals surface area (Å²) in [4.78, 5) is 0. The van der Waals surface area contributed by atoms with Crippen molar-refractivity contribution in [1.29, 1.82) is 0 Å². The van der Waals surface area contributed by atoms with E-state index in [1.165, 1.54) is 33.5 Å². The molecule has 0 saturated heterocycles. The maximum Gasteiger partial charge on any atom is 0.416 e. The monoisotopic (exact) mass is 338 g/mol. The molecule has 3 nitrogen and oxygen atoms in total. The molecule has 0 aliphatic rings. The van der Waals surface area contributed by atoms with Crippen molar-refractivity contribution in [3.8, 4) is 17.2 Å². The van der Waals surface area contributed by atoms with Crippen molar-refractivity contribution in [3.05, 3.63) is 59.7 Å².